The van der Waals surface area contributed by atoms with E-state index in [4.69, 9.17) is 10.5 Å². The molecule has 1 aliphatic heterocycles. The molecule has 0 spiro atoms. The fourth-order valence-electron chi connectivity index (χ4n) is 5.30. The van der Waals surface area contributed by atoms with Crippen LogP contribution in [-0.4, -0.2) is 53.5 Å². The van der Waals surface area contributed by atoms with Crippen LogP contribution in [0, 0.1) is 22.9 Å². The summed E-state index contributed by atoms with van der Waals surface area (Å²) in [5.74, 6) is -2.52. The average molecular weight is 581 g/mol. The van der Waals surface area contributed by atoms with Crippen LogP contribution in [0.25, 0.3) is 10.9 Å². The number of carbonyl (C=O) groups excluding carboxylic acids is 1. The summed E-state index contributed by atoms with van der Waals surface area (Å²) in [5, 5.41) is 10.1. The number of ether oxygens (including phenoxy) is 1. The highest BCUT2D eigenvalue weighted by atomic mass is 32.2. The number of hydrogen-bond acceptors (Lipinski definition) is 7. The fourth-order valence-corrected chi connectivity index (χ4v) is 6.25. The Kier molecular flexibility index (Phi) is 9.88. The maximum Gasteiger partial charge on any atom is 0.249 e. The molecule has 1 saturated heterocycles. The number of fused-ring (bicyclic) bond motifs is 1. The van der Waals surface area contributed by atoms with Crippen LogP contribution in [0.15, 0.2) is 41.4 Å². The molecule has 1 aliphatic rings. The van der Waals surface area contributed by atoms with Crippen molar-refractivity contribution in [1.29, 1.82) is 0 Å². The van der Waals surface area contributed by atoms with Gasteiger partial charge in [-0.2, -0.15) is 0 Å². The first-order chi connectivity index (χ1) is 19.2. The van der Waals surface area contributed by atoms with E-state index in [0.717, 1.165) is 11.8 Å². The first-order valence-corrected chi connectivity index (χ1v) is 13.9. The van der Waals surface area contributed by atoms with Gasteiger partial charge < -0.3 is 15.4 Å². The van der Waals surface area contributed by atoms with E-state index < -0.39 is 34.9 Å². The molecule has 216 valence electrons. The lowest BCUT2D eigenvalue weighted by molar-refractivity contribution is -0.143. The second-order valence-electron chi connectivity index (χ2n) is 9.90. The Morgan fingerprint density at radius 2 is 1.93 bits per heavy atom. The maximum absolute atomic E-state index is 15.9. The summed E-state index contributed by atoms with van der Waals surface area (Å²) >= 11 is 0.954. The molecule has 0 bridgehead atoms. The smallest absolute Gasteiger partial charge is 0.249 e. The van der Waals surface area contributed by atoms with Gasteiger partial charge in [-0.05, 0) is 62.5 Å². The van der Waals surface area contributed by atoms with Crippen molar-refractivity contribution in [2.45, 2.75) is 43.3 Å². The van der Waals surface area contributed by atoms with Crippen LogP contribution >= 0.6 is 11.8 Å². The number of hydrogen-bond donors (Lipinski definition) is 3. The molecule has 0 aliphatic carbocycles. The number of thioether (sulfide) groups is 1. The number of alkyl halides is 1. The first kappa shape index (κ1) is 30.0. The van der Waals surface area contributed by atoms with Gasteiger partial charge in [0, 0.05) is 48.1 Å². The Labute approximate surface area is 234 Å². The summed E-state index contributed by atoms with van der Waals surface area (Å²) in [5.41, 5.74) is 8.26. The Balaban J connectivity index is 1.42. The number of rotatable bonds is 11. The number of aromatic nitrogens is 1. The molecule has 3 aromatic rings. The summed E-state index contributed by atoms with van der Waals surface area (Å²) in [4.78, 5) is 19.0. The monoisotopic (exact) mass is 580 g/mol. The summed E-state index contributed by atoms with van der Waals surface area (Å²) in [6.45, 7) is 1.52. The Hall–Kier alpha value is -2.93. The van der Waals surface area contributed by atoms with Gasteiger partial charge in [0.05, 0.1) is 22.9 Å². The van der Waals surface area contributed by atoms with Gasteiger partial charge in [0.2, 0.25) is 5.91 Å². The van der Waals surface area contributed by atoms with Crippen LogP contribution in [0.5, 0.6) is 5.75 Å². The highest BCUT2D eigenvalue weighted by Crippen LogP contribution is 2.41. The minimum absolute atomic E-state index is 0.0235. The molecular formula is C28H32F4N4O3S. The number of nitrogens with two attached hydrogens (primary N) is 1. The van der Waals surface area contributed by atoms with Crippen molar-refractivity contribution in [1.82, 2.24) is 15.4 Å². The van der Waals surface area contributed by atoms with Gasteiger partial charge in [0.15, 0.2) is 0 Å². The standard InChI is InChI=1S/C28H32F4N4O3S/c1-39-19-2-3-24-20(14-19)25(17(15-33)16-34-24)21(30)4-5-28(27(37)35-38)6-8-36(9-7-28)10-11-40-26-22(31)12-18(29)13-23(26)32/h2-3,12-14,16,21,38H,4-11,15,33H2,1H3,(H,35,37). The Bertz CT molecular complexity index is 1330. The normalized spacial score (nSPS) is 16.2. The third-order valence-corrected chi connectivity index (χ3v) is 8.69. The van der Waals surface area contributed by atoms with Crippen molar-refractivity contribution in [3.05, 3.63) is 65.1 Å². The van der Waals surface area contributed by atoms with Crippen molar-refractivity contribution in [3.63, 3.8) is 0 Å². The van der Waals surface area contributed by atoms with Gasteiger partial charge >= 0.3 is 0 Å². The van der Waals surface area contributed by atoms with Crippen LogP contribution in [0.3, 0.4) is 0 Å². The van der Waals surface area contributed by atoms with Crippen LogP contribution in [-0.2, 0) is 11.3 Å². The molecule has 1 amide bonds. The average Bonchev–Trinajstić information content (AvgIpc) is 2.96. The number of hydroxylamine groups is 1. The van der Waals surface area contributed by atoms with Crippen LogP contribution in [0.1, 0.15) is 43.0 Å². The number of piperidine rings is 1. The van der Waals surface area contributed by atoms with Gasteiger partial charge in [-0.15, -0.1) is 11.8 Å². The zero-order valence-electron chi connectivity index (χ0n) is 22.1. The number of halogens is 4. The Morgan fingerprint density at radius 1 is 1.23 bits per heavy atom. The molecule has 4 rings (SSSR count). The number of likely N-dealkylation sites (tertiary alicyclic amines) is 1. The van der Waals surface area contributed by atoms with E-state index in [1.807, 2.05) is 4.90 Å². The predicted octanol–water partition coefficient (Wildman–Crippen LogP) is 5.29. The molecule has 1 atom stereocenters. The second kappa shape index (κ2) is 13.2. The molecule has 40 heavy (non-hydrogen) atoms. The molecule has 12 heteroatoms. The number of nitrogens with zero attached hydrogens (tertiary/aromatic N) is 2. The van der Waals surface area contributed by atoms with Crippen molar-refractivity contribution in [2.75, 3.05) is 32.5 Å². The lowest BCUT2D eigenvalue weighted by Crippen LogP contribution is -2.48. The molecule has 1 unspecified atom stereocenters. The summed E-state index contributed by atoms with van der Waals surface area (Å²) in [6, 6.07) is 6.51. The van der Waals surface area contributed by atoms with Gasteiger partial charge in [0.1, 0.15) is 29.4 Å². The fraction of sp³-hybridized carbons (Fsp3) is 0.429. The topological polar surface area (TPSA) is 101 Å². The highest BCUT2D eigenvalue weighted by molar-refractivity contribution is 7.99. The van der Waals surface area contributed by atoms with E-state index in [-0.39, 0.29) is 24.3 Å². The predicted molar refractivity (Wildman–Crippen MR) is 144 cm³/mol. The quantitative estimate of drug-likeness (QED) is 0.123. The minimum atomic E-state index is -1.44. The van der Waals surface area contributed by atoms with Crippen molar-refractivity contribution < 1.29 is 32.3 Å². The van der Waals surface area contributed by atoms with Gasteiger partial charge in [-0.3, -0.25) is 15.0 Å². The number of nitrogens with one attached hydrogen (secondary N) is 1. The van der Waals surface area contributed by atoms with Gasteiger partial charge in [-0.25, -0.2) is 23.0 Å². The number of methoxy groups -OCH3 is 1. The van der Waals surface area contributed by atoms with E-state index >= 15 is 4.39 Å². The number of benzene rings is 2. The number of carbonyl (C=O) groups is 1. The molecule has 0 saturated carbocycles. The van der Waals surface area contributed by atoms with Crippen molar-refractivity contribution in [2.24, 2.45) is 11.1 Å². The molecule has 4 N–H and O–H groups in total. The number of pyridine rings is 1. The molecule has 1 aromatic heterocycles. The summed E-state index contributed by atoms with van der Waals surface area (Å²) in [7, 11) is 1.52. The van der Waals surface area contributed by atoms with Crippen LogP contribution in [0.2, 0.25) is 0 Å². The third-order valence-electron chi connectivity index (χ3n) is 7.62. The summed E-state index contributed by atoms with van der Waals surface area (Å²) in [6.07, 6.45) is 1.07. The molecule has 2 aromatic carbocycles. The molecule has 7 nitrogen and oxygen atoms in total. The summed E-state index contributed by atoms with van der Waals surface area (Å²) < 4.78 is 62.2. The largest absolute Gasteiger partial charge is 0.497 e. The van der Waals surface area contributed by atoms with E-state index in [0.29, 0.717) is 78.1 Å². The zero-order valence-corrected chi connectivity index (χ0v) is 22.9. The third kappa shape index (κ3) is 6.51. The van der Waals surface area contributed by atoms with Crippen molar-refractivity contribution in [3.8, 4) is 5.75 Å². The van der Waals surface area contributed by atoms with E-state index in [1.165, 1.54) is 7.11 Å². The Morgan fingerprint density at radius 3 is 2.55 bits per heavy atom. The molecule has 0 radical (unpaired) electrons. The van der Waals surface area contributed by atoms with E-state index in [9.17, 15) is 23.2 Å². The number of amides is 1. The second-order valence-corrected chi connectivity index (χ2v) is 11.0. The highest BCUT2D eigenvalue weighted by Gasteiger charge is 2.41. The SMILES string of the molecule is COc1ccc2ncc(CN)c(C(F)CCC3(C(=O)NO)CCN(CCSc4c(F)cc(F)cc4F)CC3)c2c1. The van der Waals surface area contributed by atoms with Crippen LogP contribution in [0.4, 0.5) is 17.6 Å². The molecule has 1 fully saturated rings. The zero-order chi connectivity index (χ0) is 28.9. The van der Waals surface area contributed by atoms with E-state index in [2.05, 4.69) is 4.98 Å². The van der Waals surface area contributed by atoms with Gasteiger partial charge in [-0.1, -0.05) is 0 Å². The lowest BCUT2D eigenvalue weighted by atomic mass is 9.73. The van der Waals surface area contributed by atoms with Crippen LogP contribution < -0.4 is 16.0 Å². The molecule has 2 heterocycles. The molecular weight excluding hydrogens is 548 g/mol. The van der Waals surface area contributed by atoms with E-state index in [1.54, 1.807) is 29.9 Å². The minimum Gasteiger partial charge on any atom is -0.497 e. The maximum atomic E-state index is 15.9. The van der Waals surface area contributed by atoms with Crippen molar-refractivity contribution >= 4 is 28.6 Å². The lowest BCUT2D eigenvalue weighted by Gasteiger charge is -2.40. The first-order valence-electron chi connectivity index (χ1n) is 12.9. The van der Waals surface area contributed by atoms with Gasteiger partial charge in [0.25, 0.3) is 0 Å².